The highest BCUT2D eigenvalue weighted by molar-refractivity contribution is 5.28. The molecule has 1 aliphatic heterocycles. The smallest absolute Gasteiger partial charge is 0.0818 e. The first-order valence-electron chi connectivity index (χ1n) is 6.77. The van der Waals surface area contributed by atoms with Gasteiger partial charge in [-0.25, -0.2) is 0 Å². The molecular formula is C13H21N3O. The van der Waals surface area contributed by atoms with Gasteiger partial charge in [0.1, 0.15) is 0 Å². The molecule has 1 aliphatic carbocycles. The van der Waals surface area contributed by atoms with Crippen molar-refractivity contribution in [2.45, 2.75) is 57.7 Å². The van der Waals surface area contributed by atoms with E-state index >= 15 is 0 Å². The van der Waals surface area contributed by atoms with Crippen molar-refractivity contribution in [3.63, 3.8) is 0 Å². The van der Waals surface area contributed by atoms with Crippen LogP contribution in [-0.2, 0) is 24.3 Å². The van der Waals surface area contributed by atoms with Crippen LogP contribution in [0.1, 0.15) is 55.1 Å². The van der Waals surface area contributed by atoms with Crippen LogP contribution >= 0.6 is 0 Å². The summed E-state index contributed by atoms with van der Waals surface area (Å²) in [5.74, 6) is 0. The Morgan fingerprint density at radius 3 is 2.88 bits per heavy atom. The molecule has 0 radical (unpaired) electrons. The van der Waals surface area contributed by atoms with Crippen LogP contribution in [0.25, 0.3) is 0 Å². The molecule has 1 saturated carbocycles. The Balaban J connectivity index is 1.95. The second kappa shape index (κ2) is 4.78. The molecule has 0 aromatic carbocycles. The van der Waals surface area contributed by atoms with E-state index in [1.807, 2.05) is 0 Å². The second-order valence-electron chi connectivity index (χ2n) is 5.12. The van der Waals surface area contributed by atoms with Gasteiger partial charge < -0.3 is 10.5 Å². The van der Waals surface area contributed by atoms with E-state index in [1.165, 1.54) is 43.4 Å². The predicted molar refractivity (Wildman–Crippen MR) is 65.6 cm³/mol. The summed E-state index contributed by atoms with van der Waals surface area (Å²) in [7, 11) is 0. The van der Waals surface area contributed by atoms with E-state index in [2.05, 4.69) is 4.68 Å². The van der Waals surface area contributed by atoms with E-state index in [0.717, 1.165) is 18.7 Å². The van der Waals surface area contributed by atoms with Crippen LogP contribution in [0.5, 0.6) is 0 Å². The molecule has 2 N–H and O–H groups in total. The summed E-state index contributed by atoms with van der Waals surface area (Å²) in [5.41, 5.74) is 9.49. The molecule has 0 unspecified atom stereocenters. The molecule has 0 saturated heterocycles. The Kier molecular flexibility index (Phi) is 3.16. The van der Waals surface area contributed by atoms with E-state index < -0.39 is 0 Å². The average molecular weight is 235 g/mol. The second-order valence-corrected chi connectivity index (χ2v) is 5.12. The molecule has 4 heteroatoms. The fourth-order valence-electron chi connectivity index (χ4n) is 3.12. The molecule has 0 amide bonds. The van der Waals surface area contributed by atoms with Crippen molar-refractivity contribution in [1.82, 2.24) is 9.78 Å². The molecule has 0 spiro atoms. The minimum absolute atomic E-state index is 0.533. The average Bonchev–Trinajstić information content (AvgIpc) is 2.78. The molecule has 4 nitrogen and oxygen atoms in total. The number of hydrogen-bond donors (Lipinski definition) is 1. The van der Waals surface area contributed by atoms with Gasteiger partial charge in [-0.05, 0) is 12.8 Å². The van der Waals surface area contributed by atoms with Crippen LogP contribution < -0.4 is 5.73 Å². The lowest BCUT2D eigenvalue weighted by Gasteiger charge is -2.25. The zero-order chi connectivity index (χ0) is 11.7. The highest BCUT2D eigenvalue weighted by Crippen LogP contribution is 2.32. The van der Waals surface area contributed by atoms with E-state index in [-0.39, 0.29) is 0 Å². The lowest BCUT2D eigenvalue weighted by atomic mass is 9.95. The fourth-order valence-corrected chi connectivity index (χ4v) is 3.12. The predicted octanol–water partition coefficient (Wildman–Crippen LogP) is 1.92. The summed E-state index contributed by atoms with van der Waals surface area (Å²) in [4.78, 5) is 0. The van der Waals surface area contributed by atoms with Gasteiger partial charge in [-0.3, -0.25) is 4.68 Å². The van der Waals surface area contributed by atoms with E-state index in [0.29, 0.717) is 19.2 Å². The first-order valence-corrected chi connectivity index (χ1v) is 6.77. The Morgan fingerprint density at radius 2 is 2.12 bits per heavy atom. The molecule has 3 rings (SSSR count). The molecule has 1 aromatic rings. The fraction of sp³-hybridized carbons (Fsp3) is 0.769. The standard InChI is InChI=1S/C13H21N3O/c14-8-12-11-9-17-7-6-13(11)16(15-12)10-4-2-1-3-5-10/h10H,1-9,14H2. The van der Waals surface area contributed by atoms with Crippen LogP contribution in [-0.4, -0.2) is 16.4 Å². The third-order valence-electron chi connectivity index (χ3n) is 4.05. The maximum absolute atomic E-state index is 5.79. The summed E-state index contributed by atoms with van der Waals surface area (Å²) in [5, 5.41) is 4.75. The van der Waals surface area contributed by atoms with E-state index in [4.69, 9.17) is 15.6 Å². The summed E-state index contributed by atoms with van der Waals surface area (Å²) >= 11 is 0. The Hall–Kier alpha value is -0.870. The lowest BCUT2D eigenvalue weighted by molar-refractivity contribution is 0.107. The highest BCUT2D eigenvalue weighted by atomic mass is 16.5. The van der Waals surface area contributed by atoms with Crippen LogP contribution in [0.2, 0.25) is 0 Å². The summed E-state index contributed by atoms with van der Waals surface area (Å²) in [6.07, 6.45) is 7.62. The highest BCUT2D eigenvalue weighted by Gasteiger charge is 2.25. The van der Waals surface area contributed by atoms with Gasteiger partial charge >= 0.3 is 0 Å². The van der Waals surface area contributed by atoms with Crippen molar-refractivity contribution in [2.75, 3.05) is 6.61 Å². The van der Waals surface area contributed by atoms with Crippen LogP contribution in [0.15, 0.2) is 0 Å². The first kappa shape index (κ1) is 11.2. The zero-order valence-corrected chi connectivity index (χ0v) is 10.3. The number of fused-ring (bicyclic) bond motifs is 1. The Labute approximate surface area is 102 Å². The van der Waals surface area contributed by atoms with Gasteiger partial charge in [0.2, 0.25) is 0 Å². The van der Waals surface area contributed by atoms with Crippen molar-refractivity contribution in [1.29, 1.82) is 0 Å². The van der Waals surface area contributed by atoms with Gasteiger partial charge in [0.15, 0.2) is 0 Å². The Bertz CT molecular complexity index is 394. The SMILES string of the molecule is NCc1nn(C2CCCCC2)c2c1COCC2. The number of ether oxygens (including phenoxy) is 1. The molecule has 2 aliphatic rings. The maximum Gasteiger partial charge on any atom is 0.0818 e. The van der Waals surface area contributed by atoms with Crippen molar-refractivity contribution in [2.24, 2.45) is 5.73 Å². The van der Waals surface area contributed by atoms with Gasteiger partial charge in [0.25, 0.3) is 0 Å². The number of nitrogens with two attached hydrogens (primary N) is 1. The summed E-state index contributed by atoms with van der Waals surface area (Å²) in [6.45, 7) is 2.06. The minimum Gasteiger partial charge on any atom is -0.376 e. The normalized spacial score (nSPS) is 21.5. The van der Waals surface area contributed by atoms with Gasteiger partial charge in [0.05, 0.1) is 24.9 Å². The first-order chi connectivity index (χ1) is 8.40. The van der Waals surface area contributed by atoms with Gasteiger partial charge in [0, 0.05) is 24.2 Å². The third kappa shape index (κ3) is 2.00. The number of hydrogen-bond acceptors (Lipinski definition) is 3. The largest absolute Gasteiger partial charge is 0.376 e. The van der Waals surface area contributed by atoms with E-state index in [9.17, 15) is 0 Å². The molecule has 0 bridgehead atoms. The number of nitrogens with zero attached hydrogens (tertiary/aromatic N) is 2. The number of rotatable bonds is 2. The quantitative estimate of drug-likeness (QED) is 0.852. The van der Waals surface area contributed by atoms with Crippen molar-refractivity contribution in [3.05, 3.63) is 17.0 Å². The van der Waals surface area contributed by atoms with Crippen molar-refractivity contribution >= 4 is 0 Å². The van der Waals surface area contributed by atoms with Crippen molar-refractivity contribution < 1.29 is 4.74 Å². The van der Waals surface area contributed by atoms with Crippen LogP contribution in [0.4, 0.5) is 0 Å². The summed E-state index contributed by atoms with van der Waals surface area (Å²) < 4.78 is 7.81. The summed E-state index contributed by atoms with van der Waals surface area (Å²) in [6, 6.07) is 0.607. The van der Waals surface area contributed by atoms with Crippen LogP contribution in [0, 0.1) is 0 Å². The van der Waals surface area contributed by atoms with E-state index in [1.54, 1.807) is 0 Å². The molecule has 17 heavy (non-hydrogen) atoms. The molecule has 1 fully saturated rings. The van der Waals surface area contributed by atoms with Gasteiger partial charge in [-0.15, -0.1) is 0 Å². The Morgan fingerprint density at radius 1 is 1.29 bits per heavy atom. The third-order valence-corrected chi connectivity index (χ3v) is 4.05. The van der Waals surface area contributed by atoms with Gasteiger partial charge in [-0.2, -0.15) is 5.10 Å². The minimum atomic E-state index is 0.533. The molecule has 2 heterocycles. The topological polar surface area (TPSA) is 53.1 Å². The molecule has 1 aromatic heterocycles. The monoisotopic (exact) mass is 235 g/mol. The lowest BCUT2D eigenvalue weighted by Crippen LogP contribution is -2.19. The van der Waals surface area contributed by atoms with Gasteiger partial charge in [-0.1, -0.05) is 19.3 Å². The molecule has 94 valence electrons. The maximum atomic E-state index is 5.79. The van der Waals surface area contributed by atoms with Crippen molar-refractivity contribution in [3.8, 4) is 0 Å². The van der Waals surface area contributed by atoms with Crippen LogP contribution in [0.3, 0.4) is 0 Å². The molecular weight excluding hydrogens is 214 g/mol. The zero-order valence-electron chi connectivity index (χ0n) is 10.3. The molecule has 0 atom stereocenters. The number of aromatic nitrogens is 2.